The van der Waals surface area contributed by atoms with Crippen molar-refractivity contribution in [3.63, 3.8) is 0 Å². The third-order valence-electron chi connectivity index (χ3n) is 2.62. The Morgan fingerprint density at radius 3 is 2.00 bits per heavy atom. The van der Waals surface area contributed by atoms with E-state index in [2.05, 4.69) is 0 Å². The highest BCUT2D eigenvalue weighted by atomic mass is 32.2. The van der Waals surface area contributed by atoms with Gasteiger partial charge >= 0.3 is 5.25 Å². The minimum Gasteiger partial charge on any atom is -0.217 e. The van der Waals surface area contributed by atoms with Crippen molar-refractivity contribution in [3.05, 3.63) is 72.1 Å². The first kappa shape index (κ1) is 15.7. The van der Waals surface area contributed by atoms with E-state index in [0.29, 0.717) is 6.08 Å². The van der Waals surface area contributed by atoms with Crippen LogP contribution in [0.1, 0.15) is 0 Å². The molecular weight excluding hydrogens is 314 g/mol. The lowest BCUT2D eigenvalue weighted by molar-refractivity contribution is 0.147. The Morgan fingerprint density at radius 2 is 1.43 bits per heavy atom. The zero-order chi connectivity index (χ0) is 15.3. The van der Waals surface area contributed by atoms with Gasteiger partial charge in [-0.3, -0.25) is 0 Å². The topological polar surface area (TPSA) is 34.1 Å². The van der Waals surface area contributed by atoms with Crippen LogP contribution in [-0.4, -0.2) is 13.7 Å². The van der Waals surface area contributed by atoms with Crippen LogP contribution >= 0.6 is 11.8 Å². The third-order valence-corrected chi connectivity index (χ3v) is 5.18. The highest BCUT2D eigenvalue weighted by molar-refractivity contribution is 8.02. The van der Waals surface area contributed by atoms with Crippen LogP contribution in [0, 0.1) is 0 Å². The zero-order valence-electron chi connectivity index (χ0n) is 10.8. The Hall–Kier alpha value is -1.66. The average Bonchev–Trinajstić information content (AvgIpc) is 2.49. The molecule has 0 amide bonds. The van der Waals surface area contributed by atoms with E-state index in [4.69, 9.17) is 0 Å². The van der Waals surface area contributed by atoms with E-state index in [1.54, 1.807) is 30.3 Å². The molecule has 0 N–H and O–H groups in total. The summed E-state index contributed by atoms with van der Waals surface area (Å²) in [6, 6.07) is 15.5. The van der Waals surface area contributed by atoms with Crippen molar-refractivity contribution >= 4 is 21.6 Å². The molecule has 2 rings (SSSR count). The molecule has 110 valence electrons. The normalized spacial score (nSPS) is 12.7. The smallest absolute Gasteiger partial charge is 0.217 e. The summed E-state index contributed by atoms with van der Waals surface area (Å²) in [5.74, 6) is 0. The van der Waals surface area contributed by atoms with Gasteiger partial charge in [-0.25, -0.2) is 8.42 Å². The number of thioether (sulfide) groups is 1. The SMILES string of the molecule is O=S(=O)(c1ccccc1)C(F)(F)/C=C\Sc1ccccc1. The monoisotopic (exact) mass is 326 g/mol. The summed E-state index contributed by atoms with van der Waals surface area (Å²) in [7, 11) is -4.73. The Morgan fingerprint density at radius 1 is 0.905 bits per heavy atom. The van der Waals surface area contributed by atoms with E-state index in [1.165, 1.54) is 12.1 Å². The second-order valence-corrected chi connectivity index (χ2v) is 7.11. The summed E-state index contributed by atoms with van der Waals surface area (Å²) in [6.07, 6.45) is 0.410. The van der Waals surface area contributed by atoms with Crippen molar-refractivity contribution in [1.82, 2.24) is 0 Å². The molecular formula is C15H12F2O2S2. The molecule has 0 heterocycles. The van der Waals surface area contributed by atoms with Crippen LogP contribution in [0.2, 0.25) is 0 Å². The number of hydrogen-bond donors (Lipinski definition) is 0. The van der Waals surface area contributed by atoms with Gasteiger partial charge in [0.05, 0.1) is 4.90 Å². The first-order valence-electron chi connectivity index (χ1n) is 6.00. The van der Waals surface area contributed by atoms with Crippen LogP contribution in [0.4, 0.5) is 8.78 Å². The molecule has 0 saturated carbocycles. The highest BCUT2D eigenvalue weighted by Crippen LogP contribution is 2.31. The Bertz CT molecular complexity index is 712. The lowest BCUT2D eigenvalue weighted by Gasteiger charge is -2.12. The van der Waals surface area contributed by atoms with Crippen molar-refractivity contribution in [2.75, 3.05) is 0 Å². The van der Waals surface area contributed by atoms with Crippen molar-refractivity contribution in [2.24, 2.45) is 0 Å². The number of benzene rings is 2. The molecule has 2 nitrogen and oxygen atoms in total. The maximum Gasteiger partial charge on any atom is 0.369 e. The van der Waals surface area contributed by atoms with Gasteiger partial charge in [-0.15, -0.1) is 0 Å². The summed E-state index contributed by atoms with van der Waals surface area (Å²) >= 11 is 1.03. The molecule has 0 aromatic heterocycles. The fraction of sp³-hybridized carbons (Fsp3) is 0.0667. The first-order valence-corrected chi connectivity index (χ1v) is 8.37. The van der Waals surface area contributed by atoms with Crippen molar-refractivity contribution in [2.45, 2.75) is 15.0 Å². The van der Waals surface area contributed by atoms with Crippen LogP contribution in [0.15, 0.2) is 81.9 Å². The predicted octanol–water partition coefficient (Wildman–Crippen LogP) is 4.36. The molecule has 0 aliphatic rings. The summed E-state index contributed by atoms with van der Waals surface area (Å²) in [6.45, 7) is 0. The van der Waals surface area contributed by atoms with Gasteiger partial charge in [0.15, 0.2) is 0 Å². The number of halogens is 2. The maximum absolute atomic E-state index is 13.9. The van der Waals surface area contributed by atoms with E-state index < -0.39 is 20.0 Å². The van der Waals surface area contributed by atoms with Gasteiger partial charge in [0.1, 0.15) is 0 Å². The highest BCUT2D eigenvalue weighted by Gasteiger charge is 2.43. The quantitative estimate of drug-likeness (QED) is 0.766. The molecule has 6 heteroatoms. The molecule has 0 bridgehead atoms. The average molecular weight is 326 g/mol. The molecule has 0 saturated heterocycles. The standard InChI is InChI=1S/C15H12F2O2S2/c16-15(17,11-12-20-13-7-3-1-4-8-13)21(18,19)14-9-5-2-6-10-14/h1-12H/b12-11-. The van der Waals surface area contributed by atoms with Gasteiger partial charge in [0, 0.05) is 11.0 Å². The van der Waals surface area contributed by atoms with E-state index >= 15 is 0 Å². The molecule has 0 aliphatic carbocycles. The summed E-state index contributed by atoms with van der Waals surface area (Å²) < 4.78 is 51.6. The second-order valence-electron chi connectivity index (χ2n) is 4.11. The van der Waals surface area contributed by atoms with Gasteiger partial charge in [-0.2, -0.15) is 8.78 Å². The minimum atomic E-state index is -4.73. The van der Waals surface area contributed by atoms with Gasteiger partial charge in [0.2, 0.25) is 9.84 Å². The lowest BCUT2D eigenvalue weighted by Crippen LogP contribution is -2.26. The van der Waals surface area contributed by atoms with Gasteiger partial charge in [-0.1, -0.05) is 48.2 Å². The number of hydrogen-bond acceptors (Lipinski definition) is 3. The molecule has 0 radical (unpaired) electrons. The number of sulfone groups is 1. The van der Waals surface area contributed by atoms with Crippen LogP contribution < -0.4 is 0 Å². The Labute approximate surface area is 126 Å². The Balaban J connectivity index is 2.18. The van der Waals surface area contributed by atoms with E-state index in [9.17, 15) is 17.2 Å². The maximum atomic E-state index is 13.9. The molecule has 0 unspecified atom stereocenters. The number of rotatable bonds is 5. The van der Waals surface area contributed by atoms with Crippen molar-refractivity contribution < 1.29 is 17.2 Å². The molecule has 2 aromatic carbocycles. The minimum absolute atomic E-state index is 0.399. The van der Waals surface area contributed by atoms with Crippen LogP contribution in [0.5, 0.6) is 0 Å². The first-order chi connectivity index (χ1) is 9.93. The largest absolute Gasteiger partial charge is 0.369 e. The summed E-state index contributed by atoms with van der Waals surface area (Å²) in [4.78, 5) is 0.353. The third kappa shape index (κ3) is 3.71. The van der Waals surface area contributed by atoms with Gasteiger partial charge < -0.3 is 0 Å². The molecule has 2 aromatic rings. The van der Waals surface area contributed by atoms with E-state index in [1.807, 2.05) is 6.07 Å². The number of alkyl halides is 2. The van der Waals surface area contributed by atoms with E-state index in [-0.39, 0.29) is 0 Å². The predicted molar refractivity (Wildman–Crippen MR) is 80.0 cm³/mol. The van der Waals surface area contributed by atoms with Crippen LogP contribution in [0.3, 0.4) is 0 Å². The zero-order valence-corrected chi connectivity index (χ0v) is 12.5. The summed E-state index contributed by atoms with van der Waals surface area (Å²) in [5, 5.41) is -2.86. The molecule has 0 atom stereocenters. The van der Waals surface area contributed by atoms with Crippen LogP contribution in [-0.2, 0) is 9.84 Å². The lowest BCUT2D eigenvalue weighted by atomic mass is 10.4. The molecule has 0 fully saturated rings. The van der Waals surface area contributed by atoms with Crippen LogP contribution in [0.25, 0.3) is 0 Å². The molecule has 21 heavy (non-hydrogen) atoms. The summed E-state index contributed by atoms with van der Waals surface area (Å²) in [5.41, 5.74) is 0. The van der Waals surface area contributed by atoms with Crippen molar-refractivity contribution in [1.29, 1.82) is 0 Å². The van der Waals surface area contributed by atoms with Crippen molar-refractivity contribution in [3.8, 4) is 0 Å². The van der Waals surface area contributed by atoms with Gasteiger partial charge in [-0.05, 0) is 29.7 Å². The molecule has 0 aliphatic heterocycles. The molecule has 0 spiro atoms. The second kappa shape index (κ2) is 6.41. The van der Waals surface area contributed by atoms with E-state index in [0.717, 1.165) is 34.2 Å². The van der Waals surface area contributed by atoms with Gasteiger partial charge in [0.25, 0.3) is 0 Å². The Kier molecular flexibility index (Phi) is 4.80. The fourth-order valence-electron chi connectivity index (χ4n) is 1.54. The fourth-order valence-corrected chi connectivity index (χ4v) is 3.41.